The minimum Gasteiger partial charge on any atom is -0.434 e. The predicted molar refractivity (Wildman–Crippen MR) is 59.5 cm³/mol. The van der Waals surface area contributed by atoms with Crippen molar-refractivity contribution in [3.05, 3.63) is 23.8 Å². The van der Waals surface area contributed by atoms with E-state index in [0.717, 1.165) is 6.07 Å². The molecule has 4 nitrogen and oxygen atoms in total. The molecule has 1 heterocycles. The quantitative estimate of drug-likeness (QED) is 0.640. The van der Waals surface area contributed by atoms with E-state index in [-0.39, 0.29) is 5.69 Å². The van der Waals surface area contributed by atoms with E-state index >= 15 is 0 Å². The van der Waals surface area contributed by atoms with Gasteiger partial charge in [-0.15, -0.1) is 0 Å². The third-order valence-corrected chi connectivity index (χ3v) is 2.82. The van der Waals surface area contributed by atoms with E-state index in [9.17, 15) is 31.1 Å². The molecule has 1 aromatic rings. The summed E-state index contributed by atoms with van der Waals surface area (Å²) in [4.78, 5) is 11.9. The van der Waals surface area contributed by atoms with Crippen molar-refractivity contribution in [3.63, 3.8) is 0 Å². The van der Waals surface area contributed by atoms with Crippen LogP contribution in [0.25, 0.3) is 0 Å². The van der Waals surface area contributed by atoms with Crippen LogP contribution in [0, 0.1) is 0 Å². The molecule has 116 valence electrons. The van der Waals surface area contributed by atoms with Crippen molar-refractivity contribution in [1.29, 1.82) is 0 Å². The third-order valence-electron chi connectivity index (χ3n) is 2.82. The third kappa shape index (κ3) is 2.98. The highest BCUT2D eigenvalue weighted by Gasteiger charge is 2.50. The van der Waals surface area contributed by atoms with Crippen LogP contribution in [0.5, 0.6) is 0 Å². The number of benzene rings is 1. The number of anilines is 2. The first-order valence-electron chi connectivity index (χ1n) is 5.51. The van der Waals surface area contributed by atoms with Gasteiger partial charge in [0.05, 0.1) is 23.5 Å². The summed E-state index contributed by atoms with van der Waals surface area (Å²) in [7, 11) is 0. The van der Waals surface area contributed by atoms with Crippen molar-refractivity contribution in [2.45, 2.75) is 18.5 Å². The van der Waals surface area contributed by atoms with Crippen LogP contribution in [0.1, 0.15) is 5.56 Å². The number of rotatable bonds is 1. The van der Waals surface area contributed by atoms with Gasteiger partial charge in [-0.05, 0) is 18.2 Å². The molecule has 1 saturated heterocycles. The van der Waals surface area contributed by atoms with E-state index in [1.165, 1.54) is 0 Å². The highest BCUT2D eigenvalue weighted by atomic mass is 19.4. The first-order chi connectivity index (χ1) is 9.50. The van der Waals surface area contributed by atoms with Crippen LogP contribution in [0.15, 0.2) is 18.2 Å². The van der Waals surface area contributed by atoms with E-state index in [1.54, 1.807) is 0 Å². The van der Waals surface area contributed by atoms with Crippen LogP contribution in [-0.2, 0) is 10.9 Å². The average molecular weight is 314 g/mol. The summed E-state index contributed by atoms with van der Waals surface area (Å²) in [6.45, 7) is -0.863. The Morgan fingerprint density at radius 2 is 1.81 bits per heavy atom. The van der Waals surface area contributed by atoms with Gasteiger partial charge in [-0.2, -0.15) is 26.3 Å². The van der Waals surface area contributed by atoms with Crippen LogP contribution < -0.4 is 10.6 Å². The summed E-state index contributed by atoms with van der Waals surface area (Å²) in [6, 6.07) is 2.00. The second-order valence-corrected chi connectivity index (χ2v) is 4.30. The lowest BCUT2D eigenvalue weighted by atomic mass is 10.1. The standard InChI is InChI=1S/C11H8F6N2O2/c12-10(13,14)5-1-2-7(6(18)3-5)19-4-8(11(15,16)17)21-9(19)20/h1-3,8H,4,18H2. The van der Waals surface area contributed by atoms with Gasteiger partial charge in [0.2, 0.25) is 6.10 Å². The number of ether oxygens (including phenoxy) is 1. The van der Waals surface area contributed by atoms with E-state index in [0.29, 0.717) is 17.0 Å². The van der Waals surface area contributed by atoms with Crippen LogP contribution in [0.4, 0.5) is 42.5 Å². The zero-order valence-corrected chi connectivity index (χ0v) is 10.1. The maximum Gasteiger partial charge on any atom is 0.427 e. The van der Waals surface area contributed by atoms with Crippen molar-refractivity contribution in [1.82, 2.24) is 0 Å². The number of alkyl halides is 6. The molecule has 2 N–H and O–H groups in total. The first-order valence-corrected chi connectivity index (χ1v) is 5.51. The van der Waals surface area contributed by atoms with Gasteiger partial charge >= 0.3 is 18.4 Å². The summed E-state index contributed by atoms with van der Waals surface area (Å²) < 4.78 is 78.9. The molecule has 1 aromatic carbocycles. The van der Waals surface area contributed by atoms with Gasteiger partial charge in [0.15, 0.2) is 0 Å². The smallest absolute Gasteiger partial charge is 0.427 e. The molecule has 10 heteroatoms. The number of carbonyl (C=O) groups is 1. The van der Waals surface area contributed by atoms with Crippen LogP contribution in [-0.4, -0.2) is 24.9 Å². The molecule has 1 aliphatic heterocycles. The number of nitrogens with zero attached hydrogens (tertiary/aromatic N) is 1. The molecule has 1 unspecified atom stereocenters. The Hall–Kier alpha value is -2.13. The highest BCUT2D eigenvalue weighted by molar-refractivity contribution is 5.93. The summed E-state index contributed by atoms with van der Waals surface area (Å²) in [5.41, 5.74) is 3.59. The molecule has 1 amide bonds. The molecule has 0 radical (unpaired) electrons. The Balaban J connectivity index is 2.29. The zero-order chi connectivity index (χ0) is 16.0. The number of carbonyl (C=O) groups excluding carboxylic acids is 1. The Bertz CT molecular complexity index is 569. The van der Waals surface area contributed by atoms with Gasteiger partial charge in [0.1, 0.15) is 0 Å². The van der Waals surface area contributed by atoms with Crippen molar-refractivity contribution in [2.24, 2.45) is 0 Å². The maximum atomic E-state index is 12.5. The van der Waals surface area contributed by atoms with Crippen molar-refractivity contribution >= 4 is 17.5 Å². The molecular weight excluding hydrogens is 306 g/mol. The lowest BCUT2D eigenvalue weighted by Crippen LogP contribution is -2.33. The Labute approximate surface area is 114 Å². The number of amides is 1. The van der Waals surface area contributed by atoms with Crippen molar-refractivity contribution in [2.75, 3.05) is 17.2 Å². The van der Waals surface area contributed by atoms with Gasteiger partial charge < -0.3 is 10.5 Å². The molecule has 1 atom stereocenters. The fourth-order valence-electron chi connectivity index (χ4n) is 1.81. The molecule has 0 aromatic heterocycles. The normalized spacial score (nSPS) is 19.8. The van der Waals surface area contributed by atoms with Gasteiger partial charge in [0, 0.05) is 0 Å². The van der Waals surface area contributed by atoms with E-state index in [2.05, 4.69) is 4.74 Å². The highest BCUT2D eigenvalue weighted by Crippen LogP contribution is 2.37. The lowest BCUT2D eigenvalue weighted by molar-refractivity contribution is -0.191. The monoisotopic (exact) mass is 314 g/mol. The number of halogens is 6. The molecule has 0 bridgehead atoms. The van der Waals surface area contributed by atoms with Gasteiger partial charge in [-0.25, -0.2) is 4.79 Å². The summed E-state index contributed by atoms with van der Waals surface area (Å²) in [5.74, 6) is 0. The Morgan fingerprint density at radius 1 is 1.19 bits per heavy atom. The van der Waals surface area contributed by atoms with E-state index in [4.69, 9.17) is 5.73 Å². The lowest BCUT2D eigenvalue weighted by Gasteiger charge is -2.17. The molecule has 0 aliphatic carbocycles. The molecule has 1 aliphatic rings. The number of nitrogen functional groups attached to an aromatic ring is 1. The SMILES string of the molecule is Nc1cc(C(F)(F)F)ccc1N1CC(C(F)(F)F)OC1=O. The van der Waals surface area contributed by atoms with Crippen molar-refractivity contribution in [3.8, 4) is 0 Å². The van der Waals surface area contributed by atoms with Gasteiger partial charge in [0.25, 0.3) is 0 Å². The topological polar surface area (TPSA) is 55.6 Å². The molecule has 21 heavy (non-hydrogen) atoms. The van der Waals surface area contributed by atoms with Crippen LogP contribution in [0.3, 0.4) is 0 Å². The van der Waals surface area contributed by atoms with E-state index < -0.39 is 42.3 Å². The molecule has 2 rings (SSSR count). The average Bonchev–Trinajstić information content (AvgIpc) is 2.70. The molecule has 0 saturated carbocycles. The van der Waals surface area contributed by atoms with Crippen LogP contribution >= 0.6 is 0 Å². The number of hydrogen-bond acceptors (Lipinski definition) is 3. The molecule has 0 spiro atoms. The van der Waals surface area contributed by atoms with E-state index in [1.807, 2.05) is 0 Å². The number of cyclic esters (lactones) is 1. The first kappa shape index (κ1) is 15.3. The Kier molecular flexibility index (Phi) is 3.42. The summed E-state index contributed by atoms with van der Waals surface area (Å²) >= 11 is 0. The number of nitrogens with two attached hydrogens (primary N) is 1. The summed E-state index contributed by atoms with van der Waals surface area (Å²) in [5, 5.41) is 0. The fraction of sp³-hybridized carbons (Fsp3) is 0.364. The Morgan fingerprint density at radius 3 is 2.24 bits per heavy atom. The predicted octanol–water partition coefficient (Wildman–Crippen LogP) is 3.18. The minimum atomic E-state index is -4.76. The maximum absolute atomic E-state index is 12.5. The molecular formula is C11H8F6N2O2. The van der Waals surface area contributed by atoms with Crippen molar-refractivity contribution < 1.29 is 35.9 Å². The zero-order valence-electron chi connectivity index (χ0n) is 10.1. The minimum absolute atomic E-state index is 0.264. The van der Waals surface area contributed by atoms with Gasteiger partial charge in [-0.1, -0.05) is 0 Å². The summed E-state index contributed by atoms with van der Waals surface area (Å²) in [6.07, 6.45) is -13.1. The molecule has 1 fully saturated rings. The fourth-order valence-corrected chi connectivity index (χ4v) is 1.81. The second-order valence-electron chi connectivity index (χ2n) is 4.30. The second kappa shape index (κ2) is 4.71. The van der Waals surface area contributed by atoms with Gasteiger partial charge in [-0.3, -0.25) is 4.90 Å². The van der Waals surface area contributed by atoms with Crippen LogP contribution in [0.2, 0.25) is 0 Å². The largest absolute Gasteiger partial charge is 0.434 e. The number of hydrogen-bond donors (Lipinski definition) is 1.